The Morgan fingerprint density at radius 3 is 2.39 bits per heavy atom. The lowest BCUT2D eigenvalue weighted by Crippen LogP contribution is -1.99. The van der Waals surface area contributed by atoms with Crippen molar-refractivity contribution in [1.29, 1.82) is 0 Å². The Balaban J connectivity index is 2.19. The molecule has 0 saturated carbocycles. The minimum atomic E-state index is 0.821. The Kier molecular flexibility index (Phi) is 3.68. The van der Waals surface area contributed by atoms with E-state index >= 15 is 0 Å². The normalized spacial score (nSPS) is 9.89. The summed E-state index contributed by atoms with van der Waals surface area (Å²) in [6.45, 7) is 6.13. The van der Waals surface area contributed by atoms with Gasteiger partial charge in [0.1, 0.15) is 5.75 Å². The summed E-state index contributed by atoms with van der Waals surface area (Å²) in [6, 6.07) is 16.0. The maximum atomic E-state index is 5.32. The molecule has 0 unspecified atom stereocenters. The molecule has 0 heterocycles. The standard InChI is InChI=1S/C16H17NO/c1-12-8-10-14(11-9-12)17-13(2)15-6-4-5-7-16(15)18-3/h4-11,17H,2H2,1,3H3. The number of aryl methyl sites for hydroxylation is 1. The number of para-hydroxylation sites is 1. The maximum Gasteiger partial charge on any atom is 0.128 e. The van der Waals surface area contributed by atoms with E-state index in [2.05, 4.69) is 31.0 Å². The molecule has 0 aliphatic rings. The van der Waals surface area contributed by atoms with Crippen LogP contribution < -0.4 is 10.1 Å². The summed E-state index contributed by atoms with van der Waals surface area (Å²) in [5.41, 5.74) is 4.07. The van der Waals surface area contributed by atoms with Crippen molar-refractivity contribution in [2.75, 3.05) is 12.4 Å². The summed E-state index contributed by atoms with van der Waals surface area (Å²) in [5, 5.41) is 3.29. The molecule has 2 nitrogen and oxygen atoms in total. The third-order valence-corrected chi connectivity index (χ3v) is 2.78. The molecule has 0 saturated heterocycles. The van der Waals surface area contributed by atoms with Gasteiger partial charge in [0, 0.05) is 16.9 Å². The molecule has 0 bridgehead atoms. The number of hydrogen-bond donors (Lipinski definition) is 1. The predicted molar refractivity (Wildman–Crippen MR) is 76.8 cm³/mol. The first-order chi connectivity index (χ1) is 8.70. The highest BCUT2D eigenvalue weighted by atomic mass is 16.5. The van der Waals surface area contributed by atoms with Gasteiger partial charge in [0.2, 0.25) is 0 Å². The van der Waals surface area contributed by atoms with Crippen LogP contribution in [0.15, 0.2) is 55.1 Å². The lowest BCUT2D eigenvalue weighted by Gasteiger charge is -2.13. The zero-order valence-electron chi connectivity index (χ0n) is 10.7. The monoisotopic (exact) mass is 239 g/mol. The van der Waals surface area contributed by atoms with Crippen LogP contribution in [-0.4, -0.2) is 7.11 Å². The number of nitrogens with one attached hydrogen (secondary N) is 1. The SMILES string of the molecule is C=C(Nc1ccc(C)cc1)c1ccccc1OC. The van der Waals surface area contributed by atoms with E-state index in [1.807, 2.05) is 36.4 Å². The van der Waals surface area contributed by atoms with Crippen LogP contribution in [0.4, 0.5) is 5.69 Å². The smallest absolute Gasteiger partial charge is 0.128 e. The fourth-order valence-electron chi connectivity index (χ4n) is 1.77. The number of rotatable bonds is 4. The second-order valence-electron chi connectivity index (χ2n) is 4.17. The van der Waals surface area contributed by atoms with Crippen molar-refractivity contribution >= 4 is 11.4 Å². The van der Waals surface area contributed by atoms with Crippen molar-refractivity contribution in [2.45, 2.75) is 6.92 Å². The fraction of sp³-hybridized carbons (Fsp3) is 0.125. The van der Waals surface area contributed by atoms with E-state index in [4.69, 9.17) is 4.74 Å². The number of methoxy groups -OCH3 is 1. The van der Waals surface area contributed by atoms with Crippen LogP contribution >= 0.6 is 0 Å². The summed E-state index contributed by atoms with van der Waals surface area (Å²) >= 11 is 0. The molecule has 0 spiro atoms. The van der Waals surface area contributed by atoms with Crippen molar-refractivity contribution in [3.63, 3.8) is 0 Å². The molecular weight excluding hydrogens is 222 g/mol. The molecule has 2 aromatic rings. The third kappa shape index (κ3) is 2.72. The molecule has 1 N–H and O–H groups in total. The van der Waals surface area contributed by atoms with Gasteiger partial charge < -0.3 is 10.1 Å². The molecule has 92 valence electrons. The first-order valence-corrected chi connectivity index (χ1v) is 5.86. The van der Waals surface area contributed by atoms with Crippen LogP contribution in [0.2, 0.25) is 0 Å². The molecular formula is C16H17NO. The zero-order chi connectivity index (χ0) is 13.0. The number of benzene rings is 2. The zero-order valence-corrected chi connectivity index (χ0v) is 10.7. The van der Waals surface area contributed by atoms with Gasteiger partial charge in [-0.15, -0.1) is 0 Å². The molecule has 18 heavy (non-hydrogen) atoms. The quantitative estimate of drug-likeness (QED) is 0.867. The lowest BCUT2D eigenvalue weighted by atomic mass is 10.1. The van der Waals surface area contributed by atoms with Crippen molar-refractivity contribution in [3.8, 4) is 5.75 Å². The van der Waals surface area contributed by atoms with Crippen LogP contribution in [0.5, 0.6) is 5.75 Å². The average molecular weight is 239 g/mol. The first kappa shape index (κ1) is 12.2. The highest BCUT2D eigenvalue weighted by molar-refractivity contribution is 5.78. The Morgan fingerprint density at radius 1 is 1.06 bits per heavy atom. The van der Waals surface area contributed by atoms with Crippen molar-refractivity contribution in [3.05, 3.63) is 66.2 Å². The van der Waals surface area contributed by atoms with Crippen molar-refractivity contribution in [1.82, 2.24) is 0 Å². The van der Waals surface area contributed by atoms with Gasteiger partial charge in [-0.2, -0.15) is 0 Å². The topological polar surface area (TPSA) is 21.3 Å². The van der Waals surface area contributed by atoms with Gasteiger partial charge in [-0.3, -0.25) is 0 Å². The summed E-state index contributed by atoms with van der Waals surface area (Å²) < 4.78 is 5.32. The summed E-state index contributed by atoms with van der Waals surface area (Å²) in [6.07, 6.45) is 0. The molecule has 0 atom stereocenters. The van der Waals surface area contributed by atoms with E-state index in [1.165, 1.54) is 5.56 Å². The Morgan fingerprint density at radius 2 is 1.72 bits per heavy atom. The third-order valence-electron chi connectivity index (χ3n) is 2.78. The Hall–Kier alpha value is -2.22. The molecule has 0 fully saturated rings. The molecule has 2 rings (SSSR count). The highest BCUT2D eigenvalue weighted by Gasteiger charge is 2.05. The summed E-state index contributed by atoms with van der Waals surface area (Å²) in [4.78, 5) is 0. The van der Waals surface area contributed by atoms with Gasteiger partial charge in [0.05, 0.1) is 7.11 Å². The second-order valence-corrected chi connectivity index (χ2v) is 4.17. The van der Waals surface area contributed by atoms with Crippen LogP contribution in [0, 0.1) is 6.92 Å². The first-order valence-electron chi connectivity index (χ1n) is 5.86. The van der Waals surface area contributed by atoms with Gasteiger partial charge in [0.15, 0.2) is 0 Å². The molecule has 2 aromatic carbocycles. The van der Waals surface area contributed by atoms with Gasteiger partial charge in [-0.1, -0.05) is 36.4 Å². The van der Waals surface area contributed by atoms with E-state index in [0.717, 1.165) is 22.7 Å². The van der Waals surface area contributed by atoms with Crippen molar-refractivity contribution < 1.29 is 4.74 Å². The van der Waals surface area contributed by atoms with Gasteiger partial charge >= 0.3 is 0 Å². The van der Waals surface area contributed by atoms with Crippen LogP contribution in [0.1, 0.15) is 11.1 Å². The summed E-state index contributed by atoms with van der Waals surface area (Å²) in [7, 11) is 1.66. The molecule has 0 radical (unpaired) electrons. The van der Waals surface area contributed by atoms with E-state index in [1.54, 1.807) is 7.11 Å². The minimum absolute atomic E-state index is 0.821. The van der Waals surface area contributed by atoms with Crippen LogP contribution in [-0.2, 0) is 0 Å². The van der Waals surface area contributed by atoms with Gasteiger partial charge in [-0.25, -0.2) is 0 Å². The number of anilines is 1. The van der Waals surface area contributed by atoms with Crippen molar-refractivity contribution in [2.24, 2.45) is 0 Å². The molecule has 0 aliphatic carbocycles. The Labute approximate surface area is 108 Å². The maximum absolute atomic E-state index is 5.32. The molecule has 0 amide bonds. The molecule has 0 aliphatic heterocycles. The summed E-state index contributed by atoms with van der Waals surface area (Å²) in [5.74, 6) is 0.821. The predicted octanol–water partition coefficient (Wildman–Crippen LogP) is 4.09. The average Bonchev–Trinajstić information content (AvgIpc) is 2.41. The van der Waals surface area contributed by atoms with E-state index in [-0.39, 0.29) is 0 Å². The Bertz CT molecular complexity index is 543. The van der Waals surface area contributed by atoms with E-state index < -0.39 is 0 Å². The van der Waals surface area contributed by atoms with E-state index in [0.29, 0.717) is 0 Å². The molecule has 0 aromatic heterocycles. The fourth-order valence-corrected chi connectivity index (χ4v) is 1.77. The van der Waals surface area contributed by atoms with Gasteiger partial charge in [-0.05, 0) is 31.2 Å². The second kappa shape index (κ2) is 5.41. The minimum Gasteiger partial charge on any atom is -0.496 e. The van der Waals surface area contributed by atoms with Crippen LogP contribution in [0.25, 0.3) is 5.70 Å². The number of hydrogen-bond acceptors (Lipinski definition) is 2. The molecule has 2 heteroatoms. The van der Waals surface area contributed by atoms with E-state index in [9.17, 15) is 0 Å². The van der Waals surface area contributed by atoms with Gasteiger partial charge in [0.25, 0.3) is 0 Å². The number of ether oxygens (including phenoxy) is 1. The highest BCUT2D eigenvalue weighted by Crippen LogP contribution is 2.25. The van der Waals surface area contributed by atoms with Crippen LogP contribution in [0.3, 0.4) is 0 Å². The lowest BCUT2D eigenvalue weighted by molar-refractivity contribution is 0.413. The largest absolute Gasteiger partial charge is 0.496 e.